The molecule has 0 aliphatic carbocycles. The van der Waals surface area contributed by atoms with E-state index >= 15 is 0 Å². The Bertz CT molecular complexity index is 1590. The van der Waals surface area contributed by atoms with Gasteiger partial charge in [0.15, 0.2) is 16.6 Å². The number of benzene rings is 3. The normalized spacial score (nSPS) is 17.0. The molecule has 2 heterocycles. The van der Waals surface area contributed by atoms with Crippen LogP contribution >= 0.6 is 22.9 Å². The summed E-state index contributed by atoms with van der Waals surface area (Å²) in [6, 6.07) is 14.6. The van der Waals surface area contributed by atoms with Crippen LogP contribution in [-0.4, -0.2) is 36.0 Å². The first kappa shape index (κ1) is 24.8. The van der Waals surface area contributed by atoms with Crippen molar-refractivity contribution in [3.05, 3.63) is 87.4 Å². The Kier molecular flexibility index (Phi) is 6.39. The third-order valence-corrected chi connectivity index (χ3v) is 7.57. The second kappa shape index (κ2) is 9.53. The second-order valence-electron chi connectivity index (χ2n) is 8.68. The zero-order chi connectivity index (χ0) is 26.4. The van der Waals surface area contributed by atoms with Gasteiger partial charge in [-0.2, -0.15) is 0 Å². The molecule has 1 amide bonds. The highest BCUT2D eigenvalue weighted by molar-refractivity contribution is 7.22. The van der Waals surface area contributed by atoms with Crippen molar-refractivity contribution in [1.82, 2.24) is 4.98 Å². The summed E-state index contributed by atoms with van der Waals surface area (Å²) in [7, 11) is 2.99. The number of aliphatic hydroxyl groups is 1. The highest BCUT2D eigenvalue weighted by atomic mass is 35.5. The van der Waals surface area contributed by atoms with Crippen LogP contribution < -0.4 is 14.4 Å². The van der Waals surface area contributed by atoms with Gasteiger partial charge in [-0.3, -0.25) is 14.5 Å². The lowest BCUT2D eigenvalue weighted by Gasteiger charge is -2.25. The van der Waals surface area contributed by atoms with Crippen molar-refractivity contribution >= 4 is 55.7 Å². The summed E-state index contributed by atoms with van der Waals surface area (Å²) in [6.07, 6.45) is 0. The molecule has 1 fully saturated rings. The number of nitrogens with zero attached hydrogens (tertiary/aromatic N) is 2. The number of thiazole rings is 1. The molecule has 1 N–H and O–H groups in total. The summed E-state index contributed by atoms with van der Waals surface area (Å²) < 4.78 is 12.0. The van der Waals surface area contributed by atoms with E-state index in [2.05, 4.69) is 0 Å². The molecule has 1 aliphatic heterocycles. The maximum absolute atomic E-state index is 13.6. The number of aliphatic hydroxyl groups excluding tert-OH is 1. The number of halogens is 1. The van der Waals surface area contributed by atoms with E-state index in [0.717, 1.165) is 21.3 Å². The second-order valence-corrected chi connectivity index (χ2v) is 10.1. The van der Waals surface area contributed by atoms with Gasteiger partial charge in [0.05, 0.1) is 30.0 Å². The van der Waals surface area contributed by atoms with Crippen LogP contribution in [0.15, 0.2) is 60.2 Å². The maximum atomic E-state index is 13.6. The fourth-order valence-electron chi connectivity index (χ4n) is 4.68. The predicted octanol–water partition coefficient (Wildman–Crippen LogP) is 6.21. The Labute approximate surface area is 222 Å². The molecule has 1 atom stereocenters. The Morgan fingerprint density at radius 1 is 1.05 bits per heavy atom. The lowest BCUT2D eigenvalue weighted by atomic mass is 9.94. The molecule has 37 heavy (non-hydrogen) atoms. The fourth-order valence-corrected chi connectivity index (χ4v) is 5.97. The smallest absolute Gasteiger partial charge is 0.301 e. The Hall–Kier alpha value is -3.88. The number of aryl methyl sites for hydroxylation is 2. The molecule has 1 aliphatic rings. The topological polar surface area (TPSA) is 89.0 Å². The Morgan fingerprint density at radius 2 is 1.78 bits per heavy atom. The summed E-state index contributed by atoms with van der Waals surface area (Å²) in [5.74, 6) is -1.17. The van der Waals surface area contributed by atoms with Crippen LogP contribution in [0.25, 0.3) is 16.0 Å². The van der Waals surface area contributed by atoms with E-state index in [4.69, 9.17) is 26.1 Å². The monoisotopic (exact) mass is 534 g/mol. The number of anilines is 1. The van der Waals surface area contributed by atoms with Gasteiger partial charge < -0.3 is 14.6 Å². The number of amides is 1. The SMILES string of the molecule is COc1cccc([C@H]2C(=C(O)c3ccc(Cl)cc3)C(=O)C(=O)N2c2nc3c(C)cc(C)cc3s2)c1OC. The average Bonchev–Trinajstić information content (AvgIpc) is 3.42. The van der Waals surface area contributed by atoms with E-state index in [1.807, 2.05) is 26.0 Å². The largest absolute Gasteiger partial charge is 0.507 e. The number of carbonyl (C=O) groups excluding carboxylic acids is 2. The van der Waals surface area contributed by atoms with E-state index in [9.17, 15) is 14.7 Å². The number of hydrogen-bond acceptors (Lipinski definition) is 7. The molecule has 0 unspecified atom stereocenters. The molecule has 3 aromatic carbocycles. The molecule has 188 valence electrons. The lowest BCUT2D eigenvalue weighted by Crippen LogP contribution is -2.29. The van der Waals surface area contributed by atoms with E-state index < -0.39 is 17.7 Å². The zero-order valence-electron chi connectivity index (χ0n) is 20.5. The summed E-state index contributed by atoms with van der Waals surface area (Å²) in [4.78, 5) is 33.2. The van der Waals surface area contributed by atoms with E-state index in [1.54, 1.807) is 42.5 Å². The van der Waals surface area contributed by atoms with Crippen LogP contribution in [0.1, 0.15) is 28.3 Å². The van der Waals surface area contributed by atoms with Crippen molar-refractivity contribution in [2.24, 2.45) is 0 Å². The number of Topliss-reactive ketones (excluding diaryl/α,β-unsaturated/α-hetero) is 1. The maximum Gasteiger partial charge on any atom is 0.301 e. The minimum atomic E-state index is -1.01. The molecule has 5 rings (SSSR count). The molecular formula is C28H23ClN2O5S. The fraction of sp³-hybridized carbons (Fsp3) is 0.179. The van der Waals surface area contributed by atoms with Crippen LogP contribution in [0.4, 0.5) is 5.13 Å². The molecule has 0 saturated carbocycles. The van der Waals surface area contributed by atoms with Crippen LogP contribution in [-0.2, 0) is 9.59 Å². The highest BCUT2D eigenvalue weighted by Gasteiger charge is 2.49. The van der Waals surface area contributed by atoms with Gasteiger partial charge in [0.2, 0.25) is 0 Å². The molecular weight excluding hydrogens is 512 g/mol. The van der Waals surface area contributed by atoms with Crippen molar-refractivity contribution in [3.8, 4) is 11.5 Å². The molecule has 4 aromatic rings. The number of fused-ring (bicyclic) bond motifs is 1. The van der Waals surface area contributed by atoms with Gasteiger partial charge in [-0.25, -0.2) is 4.98 Å². The van der Waals surface area contributed by atoms with Gasteiger partial charge >= 0.3 is 5.91 Å². The molecule has 7 nitrogen and oxygen atoms in total. The zero-order valence-corrected chi connectivity index (χ0v) is 22.1. The van der Waals surface area contributed by atoms with Crippen molar-refractivity contribution < 1.29 is 24.2 Å². The third-order valence-electron chi connectivity index (χ3n) is 6.31. The van der Waals surface area contributed by atoms with Gasteiger partial charge in [-0.05, 0) is 61.4 Å². The first-order valence-electron chi connectivity index (χ1n) is 11.4. The highest BCUT2D eigenvalue weighted by Crippen LogP contribution is 2.48. The van der Waals surface area contributed by atoms with Gasteiger partial charge in [-0.15, -0.1) is 0 Å². The van der Waals surface area contributed by atoms with Crippen LogP contribution in [0, 0.1) is 13.8 Å². The van der Waals surface area contributed by atoms with Crippen LogP contribution in [0.5, 0.6) is 11.5 Å². The first-order valence-corrected chi connectivity index (χ1v) is 12.6. The number of methoxy groups -OCH3 is 2. The van der Waals surface area contributed by atoms with Crippen molar-refractivity contribution in [2.75, 3.05) is 19.1 Å². The van der Waals surface area contributed by atoms with Crippen molar-refractivity contribution in [1.29, 1.82) is 0 Å². The van der Waals surface area contributed by atoms with E-state index in [-0.39, 0.29) is 11.3 Å². The van der Waals surface area contributed by atoms with Crippen molar-refractivity contribution in [3.63, 3.8) is 0 Å². The molecule has 9 heteroatoms. The molecule has 1 saturated heterocycles. The number of rotatable bonds is 5. The first-order chi connectivity index (χ1) is 17.7. The van der Waals surface area contributed by atoms with E-state index in [1.165, 1.54) is 30.5 Å². The Morgan fingerprint density at radius 3 is 2.46 bits per heavy atom. The standard InChI is InChI=1S/C28H23ClN2O5S/c1-14-12-15(2)22-20(13-14)37-28(30-22)31-23(18-6-5-7-19(35-3)26(18)36-4)21(25(33)27(31)34)24(32)16-8-10-17(29)11-9-16/h5-13,23,32H,1-4H3/t23-/m0/s1. The summed E-state index contributed by atoms with van der Waals surface area (Å²) in [5, 5.41) is 12.2. The van der Waals surface area contributed by atoms with Gasteiger partial charge in [0.25, 0.3) is 5.78 Å². The van der Waals surface area contributed by atoms with Gasteiger partial charge in [0, 0.05) is 16.1 Å². The van der Waals surface area contributed by atoms with Crippen molar-refractivity contribution in [2.45, 2.75) is 19.9 Å². The predicted molar refractivity (Wildman–Crippen MR) is 145 cm³/mol. The molecule has 0 radical (unpaired) electrons. The van der Waals surface area contributed by atoms with Crippen LogP contribution in [0.2, 0.25) is 5.02 Å². The van der Waals surface area contributed by atoms with E-state index in [0.29, 0.717) is 32.8 Å². The van der Waals surface area contributed by atoms with Gasteiger partial charge in [0.1, 0.15) is 11.8 Å². The van der Waals surface area contributed by atoms with Gasteiger partial charge in [-0.1, -0.05) is 41.1 Å². The number of hydrogen-bond donors (Lipinski definition) is 1. The molecule has 1 aromatic heterocycles. The number of para-hydroxylation sites is 1. The number of ether oxygens (including phenoxy) is 2. The minimum Gasteiger partial charge on any atom is -0.507 e. The summed E-state index contributed by atoms with van der Waals surface area (Å²) in [6.45, 7) is 3.95. The number of aromatic nitrogens is 1. The minimum absolute atomic E-state index is 0.0777. The number of ketones is 1. The Balaban J connectivity index is 1.80. The number of carbonyl (C=O) groups is 2. The summed E-state index contributed by atoms with van der Waals surface area (Å²) in [5.41, 5.74) is 3.53. The molecule has 0 spiro atoms. The lowest BCUT2D eigenvalue weighted by molar-refractivity contribution is -0.132. The third kappa shape index (κ3) is 4.12. The van der Waals surface area contributed by atoms with Crippen LogP contribution in [0.3, 0.4) is 0 Å². The quantitative estimate of drug-likeness (QED) is 0.186. The summed E-state index contributed by atoms with van der Waals surface area (Å²) >= 11 is 7.34. The average molecular weight is 535 g/mol. The molecule has 0 bridgehead atoms.